The van der Waals surface area contributed by atoms with E-state index in [0.29, 0.717) is 24.7 Å². The molecule has 6 nitrogen and oxygen atoms in total. The molecule has 1 saturated heterocycles. The Labute approximate surface area is 155 Å². The summed E-state index contributed by atoms with van der Waals surface area (Å²) < 4.78 is 35.9. The minimum atomic E-state index is -3.55. The lowest BCUT2D eigenvalue weighted by Gasteiger charge is -2.34. The molecule has 0 amide bonds. The summed E-state index contributed by atoms with van der Waals surface area (Å²) in [5.74, 6) is 0. The van der Waals surface area contributed by atoms with Gasteiger partial charge >= 0.3 is 0 Å². The summed E-state index contributed by atoms with van der Waals surface area (Å²) in [5.41, 5.74) is 3.15. The Bertz CT molecular complexity index is 855. The summed E-state index contributed by atoms with van der Waals surface area (Å²) in [7, 11) is -1.57. The Balaban J connectivity index is 1.80. The van der Waals surface area contributed by atoms with Crippen molar-refractivity contribution in [1.82, 2.24) is 14.2 Å². The van der Waals surface area contributed by atoms with Gasteiger partial charge in [-0.2, -0.15) is 0 Å². The Hall–Kier alpha value is -1.67. The third kappa shape index (κ3) is 4.17. The van der Waals surface area contributed by atoms with Crippen molar-refractivity contribution >= 4 is 10.0 Å². The van der Waals surface area contributed by atoms with Gasteiger partial charge in [0.05, 0.1) is 24.2 Å². The number of aryl methyl sites for hydroxylation is 3. The van der Waals surface area contributed by atoms with E-state index in [2.05, 4.69) is 9.62 Å². The Kier molecular flexibility index (Phi) is 5.82. The predicted octanol–water partition coefficient (Wildman–Crippen LogP) is 1.99. The molecule has 1 unspecified atom stereocenters. The highest BCUT2D eigenvalue weighted by Crippen LogP contribution is 2.22. The van der Waals surface area contributed by atoms with Gasteiger partial charge < -0.3 is 9.30 Å². The molecule has 2 heterocycles. The van der Waals surface area contributed by atoms with Gasteiger partial charge in [-0.3, -0.25) is 4.90 Å². The first kappa shape index (κ1) is 19.1. The average molecular weight is 378 g/mol. The third-order valence-electron chi connectivity index (χ3n) is 5.07. The summed E-state index contributed by atoms with van der Waals surface area (Å²) in [6, 6.07) is 9.24. The molecule has 0 radical (unpaired) electrons. The summed E-state index contributed by atoms with van der Waals surface area (Å²) in [4.78, 5) is 2.59. The number of morpholine rings is 1. The molecule has 0 aliphatic carbocycles. The lowest BCUT2D eigenvalue weighted by molar-refractivity contribution is 0.0158. The molecule has 1 aromatic carbocycles. The van der Waals surface area contributed by atoms with Crippen molar-refractivity contribution in [2.45, 2.75) is 24.8 Å². The second kappa shape index (κ2) is 7.92. The summed E-state index contributed by atoms with van der Waals surface area (Å²) in [5, 5.41) is 0. The normalized spacial score (nSPS) is 17.3. The highest BCUT2D eigenvalue weighted by atomic mass is 32.2. The Morgan fingerprint density at radius 2 is 1.88 bits per heavy atom. The van der Waals surface area contributed by atoms with Crippen LogP contribution in [0.3, 0.4) is 0 Å². The van der Waals surface area contributed by atoms with Crippen LogP contribution in [0.25, 0.3) is 0 Å². The van der Waals surface area contributed by atoms with Gasteiger partial charge in [-0.1, -0.05) is 6.07 Å². The van der Waals surface area contributed by atoms with E-state index < -0.39 is 10.0 Å². The number of hydrogen-bond acceptors (Lipinski definition) is 4. The van der Waals surface area contributed by atoms with Crippen LogP contribution in [0.4, 0.5) is 0 Å². The summed E-state index contributed by atoms with van der Waals surface area (Å²) in [6.07, 6.45) is 1.99. The van der Waals surface area contributed by atoms with Gasteiger partial charge in [0.15, 0.2) is 0 Å². The van der Waals surface area contributed by atoms with Gasteiger partial charge in [-0.05, 0) is 49.2 Å². The number of nitrogens with zero attached hydrogens (tertiary/aromatic N) is 2. The van der Waals surface area contributed by atoms with Gasteiger partial charge in [0.2, 0.25) is 10.0 Å². The van der Waals surface area contributed by atoms with Crippen LogP contribution in [0.15, 0.2) is 41.4 Å². The van der Waals surface area contributed by atoms with Crippen molar-refractivity contribution in [2.75, 3.05) is 32.8 Å². The zero-order chi connectivity index (χ0) is 18.7. The molecule has 7 heteroatoms. The van der Waals surface area contributed by atoms with Crippen molar-refractivity contribution in [3.8, 4) is 0 Å². The number of sulfonamides is 1. The lowest BCUT2D eigenvalue weighted by Crippen LogP contribution is -2.44. The zero-order valence-electron chi connectivity index (χ0n) is 15.6. The van der Waals surface area contributed by atoms with E-state index >= 15 is 0 Å². The second-order valence-electron chi connectivity index (χ2n) is 6.81. The zero-order valence-corrected chi connectivity index (χ0v) is 16.4. The van der Waals surface area contributed by atoms with Crippen LogP contribution in [-0.2, 0) is 21.8 Å². The average Bonchev–Trinajstić information content (AvgIpc) is 3.04. The summed E-state index contributed by atoms with van der Waals surface area (Å²) >= 11 is 0. The maximum absolute atomic E-state index is 12.8. The first-order valence-corrected chi connectivity index (χ1v) is 10.4. The number of aromatic nitrogens is 1. The number of hydrogen-bond donors (Lipinski definition) is 1. The molecule has 142 valence electrons. The van der Waals surface area contributed by atoms with Gasteiger partial charge in [-0.25, -0.2) is 13.1 Å². The van der Waals surface area contributed by atoms with Crippen molar-refractivity contribution < 1.29 is 13.2 Å². The smallest absolute Gasteiger partial charge is 0.240 e. The fraction of sp³-hybridized carbons (Fsp3) is 0.474. The number of benzene rings is 1. The van der Waals surface area contributed by atoms with Crippen LogP contribution in [0.2, 0.25) is 0 Å². The second-order valence-corrected chi connectivity index (χ2v) is 8.57. The van der Waals surface area contributed by atoms with Crippen LogP contribution in [-0.4, -0.2) is 50.7 Å². The molecular formula is C19H27N3O3S. The highest BCUT2D eigenvalue weighted by molar-refractivity contribution is 7.89. The first-order chi connectivity index (χ1) is 12.4. The van der Waals surface area contributed by atoms with E-state index in [0.717, 1.165) is 29.9 Å². The molecule has 1 N–H and O–H groups in total. The molecular weight excluding hydrogens is 350 g/mol. The Morgan fingerprint density at radius 3 is 2.50 bits per heavy atom. The largest absolute Gasteiger partial charge is 0.379 e. The molecule has 1 aliphatic heterocycles. The fourth-order valence-corrected chi connectivity index (χ4v) is 4.41. The molecule has 3 rings (SSSR count). The van der Waals surface area contributed by atoms with Crippen LogP contribution < -0.4 is 4.72 Å². The number of rotatable bonds is 6. The van der Waals surface area contributed by atoms with E-state index in [1.165, 1.54) is 0 Å². The van der Waals surface area contributed by atoms with Gasteiger partial charge in [0.1, 0.15) is 0 Å². The standard InChI is InChI=1S/C19H27N3O3S/c1-15-6-7-17(13-16(15)2)26(23,24)20-14-19(18-5-4-8-21(18)3)22-9-11-25-12-10-22/h4-8,13,19-20H,9-12,14H2,1-3H3. The van der Waals surface area contributed by atoms with Crippen LogP contribution >= 0.6 is 0 Å². The van der Waals surface area contributed by atoms with Crippen molar-refractivity contribution in [3.63, 3.8) is 0 Å². The summed E-state index contributed by atoms with van der Waals surface area (Å²) in [6.45, 7) is 7.16. The molecule has 0 bridgehead atoms. The number of nitrogens with one attached hydrogen (secondary N) is 1. The van der Waals surface area contributed by atoms with Gasteiger partial charge in [0, 0.05) is 38.6 Å². The highest BCUT2D eigenvalue weighted by Gasteiger charge is 2.26. The minimum absolute atomic E-state index is 0.0276. The lowest BCUT2D eigenvalue weighted by atomic mass is 10.1. The van der Waals surface area contributed by atoms with E-state index in [4.69, 9.17) is 4.74 Å². The predicted molar refractivity (Wildman–Crippen MR) is 102 cm³/mol. The molecule has 26 heavy (non-hydrogen) atoms. The van der Waals surface area contributed by atoms with Crippen LogP contribution in [0, 0.1) is 13.8 Å². The molecule has 2 aromatic rings. The SMILES string of the molecule is Cc1ccc(S(=O)(=O)NCC(c2cccn2C)N2CCOCC2)cc1C. The molecule has 1 aliphatic rings. The molecule has 0 spiro atoms. The third-order valence-corrected chi connectivity index (χ3v) is 6.49. The van der Waals surface area contributed by atoms with E-state index in [1.807, 2.05) is 49.9 Å². The van der Waals surface area contributed by atoms with E-state index in [9.17, 15) is 8.42 Å². The maximum atomic E-state index is 12.8. The van der Waals surface area contributed by atoms with E-state index in [1.54, 1.807) is 12.1 Å². The Morgan fingerprint density at radius 1 is 1.15 bits per heavy atom. The van der Waals surface area contributed by atoms with Crippen LogP contribution in [0.5, 0.6) is 0 Å². The van der Waals surface area contributed by atoms with Gasteiger partial charge in [-0.15, -0.1) is 0 Å². The maximum Gasteiger partial charge on any atom is 0.240 e. The molecule has 1 atom stereocenters. The van der Waals surface area contributed by atoms with E-state index in [-0.39, 0.29) is 6.04 Å². The molecule has 1 aromatic heterocycles. The van der Waals surface area contributed by atoms with Gasteiger partial charge in [0.25, 0.3) is 0 Å². The fourth-order valence-electron chi connectivity index (χ4n) is 3.28. The number of ether oxygens (including phenoxy) is 1. The minimum Gasteiger partial charge on any atom is -0.379 e. The quantitative estimate of drug-likeness (QED) is 0.836. The monoisotopic (exact) mass is 377 g/mol. The molecule has 0 saturated carbocycles. The van der Waals surface area contributed by atoms with Crippen molar-refractivity contribution in [3.05, 3.63) is 53.3 Å². The van der Waals surface area contributed by atoms with Crippen LogP contribution in [0.1, 0.15) is 22.9 Å². The topological polar surface area (TPSA) is 63.6 Å². The van der Waals surface area contributed by atoms with Crippen molar-refractivity contribution in [2.24, 2.45) is 7.05 Å². The first-order valence-electron chi connectivity index (χ1n) is 8.88. The molecule has 1 fully saturated rings. The van der Waals surface area contributed by atoms with Crippen molar-refractivity contribution in [1.29, 1.82) is 0 Å².